The Morgan fingerprint density at radius 3 is 2.50 bits per heavy atom. The molecule has 3 rings (SSSR count). The number of nitrogens with zero attached hydrogens (tertiary/aromatic N) is 2. The van der Waals surface area contributed by atoms with Gasteiger partial charge in [-0.3, -0.25) is 14.6 Å². The van der Waals surface area contributed by atoms with Crippen molar-refractivity contribution in [2.24, 2.45) is 7.05 Å². The number of hydrogen-bond acceptors (Lipinski definition) is 3. The second-order valence-electron chi connectivity index (χ2n) is 6.41. The Hall–Kier alpha value is -3.56. The lowest BCUT2D eigenvalue weighted by molar-refractivity contribution is -0.137. The van der Waals surface area contributed by atoms with Gasteiger partial charge in [0.25, 0.3) is 5.91 Å². The van der Waals surface area contributed by atoms with E-state index in [2.05, 4.69) is 10.3 Å². The van der Waals surface area contributed by atoms with Gasteiger partial charge in [-0.15, -0.1) is 0 Å². The molecule has 1 aromatic carbocycles. The van der Waals surface area contributed by atoms with E-state index in [-0.39, 0.29) is 16.7 Å². The summed E-state index contributed by atoms with van der Waals surface area (Å²) in [5, 5.41) is 2.37. The van der Waals surface area contributed by atoms with Gasteiger partial charge in [-0.05, 0) is 42.0 Å². The first-order valence-corrected chi connectivity index (χ1v) is 8.52. The topological polar surface area (TPSA) is 64.0 Å². The molecule has 0 aliphatic heterocycles. The van der Waals surface area contributed by atoms with E-state index in [1.54, 1.807) is 0 Å². The van der Waals surface area contributed by atoms with Gasteiger partial charge in [0, 0.05) is 25.5 Å². The van der Waals surface area contributed by atoms with E-state index in [4.69, 9.17) is 0 Å². The molecule has 30 heavy (non-hydrogen) atoms. The Morgan fingerprint density at radius 2 is 1.87 bits per heavy atom. The number of hydrogen-bond donors (Lipinski definition) is 1. The third-order valence-electron chi connectivity index (χ3n) is 4.26. The van der Waals surface area contributed by atoms with Gasteiger partial charge < -0.3 is 9.88 Å². The van der Waals surface area contributed by atoms with Crippen LogP contribution in [0.15, 0.2) is 59.7 Å². The van der Waals surface area contributed by atoms with Gasteiger partial charge in [0.2, 0.25) is 5.56 Å². The highest BCUT2D eigenvalue weighted by Gasteiger charge is 2.33. The fourth-order valence-corrected chi connectivity index (χ4v) is 2.81. The lowest BCUT2D eigenvalue weighted by Gasteiger charge is -2.21. The van der Waals surface area contributed by atoms with E-state index in [9.17, 15) is 31.5 Å². The molecule has 0 bridgehead atoms. The van der Waals surface area contributed by atoms with Gasteiger partial charge in [-0.1, -0.05) is 0 Å². The number of aromatic nitrogens is 2. The number of carbonyl (C=O) groups excluding carboxylic acids is 1. The molecule has 0 aliphatic carbocycles. The zero-order chi connectivity index (χ0) is 22.1. The first-order chi connectivity index (χ1) is 14.1. The average Bonchev–Trinajstić information content (AvgIpc) is 2.67. The molecule has 0 spiro atoms. The smallest absolute Gasteiger partial charge is 0.339 e. The molecule has 5 nitrogen and oxygen atoms in total. The zero-order valence-corrected chi connectivity index (χ0v) is 15.4. The zero-order valence-electron chi connectivity index (χ0n) is 15.4. The maximum Gasteiger partial charge on any atom is 0.416 e. The monoisotopic (exact) mass is 423 g/mol. The molecular formula is C20H14F5N3O2. The maximum atomic E-state index is 14.4. The van der Waals surface area contributed by atoms with E-state index in [1.165, 1.54) is 31.6 Å². The van der Waals surface area contributed by atoms with Crippen molar-refractivity contribution in [1.82, 2.24) is 14.9 Å². The highest BCUT2D eigenvalue weighted by atomic mass is 19.4. The van der Waals surface area contributed by atoms with Crippen LogP contribution in [0.25, 0.3) is 0 Å². The van der Waals surface area contributed by atoms with Crippen molar-refractivity contribution in [3.8, 4) is 0 Å². The van der Waals surface area contributed by atoms with Crippen LogP contribution >= 0.6 is 0 Å². The number of rotatable bonds is 4. The normalized spacial score (nSPS) is 12.5. The molecule has 1 N–H and O–H groups in total. The van der Waals surface area contributed by atoms with Crippen LogP contribution < -0.4 is 10.9 Å². The van der Waals surface area contributed by atoms with Crippen LogP contribution in [0, 0.1) is 11.6 Å². The summed E-state index contributed by atoms with van der Waals surface area (Å²) in [7, 11) is 1.40. The van der Waals surface area contributed by atoms with Gasteiger partial charge in [-0.25, -0.2) is 8.78 Å². The van der Waals surface area contributed by atoms with E-state index >= 15 is 0 Å². The van der Waals surface area contributed by atoms with E-state index in [0.29, 0.717) is 12.1 Å². The third-order valence-corrected chi connectivity index (χ3v) is 4.26. The van der Waals surface area contributed by atoms with Gasteiger partial charge >= 0.3 is 6.18 Å². The molecule has 0 fully saturated rings. The van der Waals surface area contributed by atoms with Crippen LogP contribution in [0.1, 0.15) is 33.2 Å². The quantitative estimate of drug-likeness (QED) is 0.653. The Kier molecular flexibility index (Phi) is 5.68. The lowest BCUT2D eigenvalue weighted by atomic mass is 9.99. The van der Waals surface area contributed by atoms with Crippen molar-refractivity contribution < 1.29 is 26.7 Å². The highest BCUT2D eigenvalue weighted by Crippen LogP contribution is 2.33. The molecule has 2 heterocycles. The summed E-state index contributed by atoms with van der Waals surface area (Å²) in [6.07, 6.45) is -2.46. The summed E-state index contributed by atoms with van der Waals surface area (Å²) in [5.41, 5.74) is -2.44. The van der Waals surface area contributed by atoms with Crippen LogP contribution in [0.4, 0.5) is 22.0 Å². The number of nitrogens with one attached hydrogen (secondary N) is 1. The number of amides is 1. The van der Waals surface area contributed by atoms with Crippen molar-refractivity contribution >= 4 is 5.91 Å². The summed E-state index contributed by atoms with van der Waals surface area (Å²) in [4.78, 5) is 28.0. The van der Waals surface area contributed by atoms with E-state index in [0.717, 1.165) is 22.8 Å². The average molecular weight is 423 g/mol. The predicted molar refractivity (Wildman–Crippen MR) is 96.6 cm³/mol. The standard InChI is InChI=1S/C20H14F5N3O2/c1-28-10-11(4-5-16(28)29)19(30)27-17(18-15(22)3-2-6-26-18)12-7-13(20(23,24)25)9-14(21)8-12/h2-10,17H,1H3,(H,27,30)/t17-/m0/s1. The van der Waals surface area contributed by atoms with Crippen LogP contribution in [-0.2, 0) is 13.2 Å². The van der Waals surface area contributed by atoms with E-state index in [1.807, 2.05) is 0 Å². The Bertz CT molecular complexity index is 1160. The second kappa shape index (κ2) is 8.05. The van der Waals surface area contributed by atoms with Crippen LogP contribution in [0.3, 0.4) is 0 Å². The number of aryl methyl sites for hydroxylation is 1. The Morgan fingerprint density at radius 1 is 1.13 bits per heavy atom. The molecular weight excluding hydrogens is 409 g/mol. The van der Waals surface area contributed by atoms with Crippen LogP contribution in [-0.4, -0.2) is 15.5 Å². The largest absolute Gasteiger partial charge is 0.416 e. The van der Waals surface area contributed by atoms with E-state index < -0.39 is 41.0 Å². The van der Waals surface area contributed by atoms with Crippen molar-refractivity contribution in [3.63, 3.8) is 0 Å². The highest BCUT2D eigenvalue weighted by molar-refractivity contribution is 5.94. The van der Waals surface area contributed by atoms with Gasteiger partial charge in [-0.2, -0.15) is 13.2 Å². The Balaban J connectivity index is 2.09. The molecule has 2 aromatic heterocycles. The molecule has 10 heteroatoms. The van der Waals surface area contributed by atoms with Crippen LogP contribution in [0.2, 0.25) is 0 Å². The van der Waals surface area contributed by atoms with Gasteiger partial charge in [0.1, 0.15) is 17.3 Å². The molecule has 0 unspecified atom stereocenters. The molecule has 156 valence electrons. The summed E-state index contributed by atoms with van der Waals surface area (Å²) >= 11 is 0. The summed E-state index contributed by atoms with van der Waals surface area (Å²) < 4.78 is 68.8. The fraction of sp³-hybridized carbons (Fsp3) is 0.150. The molecule has 1 amide bonds. The number of pyridine rings is 2. The molecule has 0 radical (unpaired) electrons. The van der Waals surface area contributed by atoms with Crippen molar-refractivity contribution in [2.45, 2.75) is 12.2 Å². The minimum atomic E-state index is -4.86. The molecule has 0 aliphatic rings. The first kappa shape index (κ1) is 21.2. The van der Waals surface area contributed by atoms with Gasteiger partial charge in [0.05, 0.1) is 17.2 Å². The third kappa shape index (κ3) is 4.53. The molecule has 1 atom stereocenters. The number of carbonyl (C=O) groups is 1. The number of benzene rings is 1. The lowest BCUT2D eigenvalue weighted by Crippen LogP contribution is -2.32. The molecule has 0 saturated heterocycles. The molecule has 0 saturated carbocycles. The minimum Gasteiger partial charge on any atom is -0.339 e. The first-order valence-electron chi connectivity index (χ1n) is 8.52. The Labute approximate surface area is 166 Å². The fourth-order valence-electron chi connectivity index (χ4n) is 2.81. The maximum absolute atomic E-state index is 14.4. The number of alkyl halides is 3. The van der Waals surface area contributed by atoms with Crippen molar-refractivity contribution in [2.75, 3.05) is 0 Å². The summed E-state index contributed by atoms with van der Waals surface area (Å²) in [6.45, 7) is 0. The summed E-state index contributed by atoms with van der Waals surface area (Å²) in [6, 6.07) is 4.75. The van der Waals surface area contributed by atoms with Crippen molar-refractivity contribution in [1.29, 1.82) is 0 Å². The number of halogens is 5. The predicted octanol–water partition coefficient (Wildman–Crippen LogP) is 3.60. The van der Waals surface area contributed by atoms with Crippen LogP contribution in [0.5, 0.6) is 0 Å². The summed E-state index contributed by atoms with van der Waals surface area (Å²) in [5.74, 6) is -2.93. The second-order valence-corrected chi connectivity index (χ2v) is 6.41. The van der Waals surface area contributed by atoms with Gasteiger partial charge in [0.15, 0.2) is 0 Å². The SMILES string of the molecule is Cn1cc(C(=O)N[C@@H](c2cc(F)cc(C(F)(F)F)c2)c2ncccc2F)ccc1=O. The minimum absolute atomic E-state index is 0.00844. The van der Waals surface area contributed by atoms with Crippen molar-refractivity contribution in [3.05, 3.63) is 99.2 Å². The molecule has 3 aromatic rings.